The van der Waals surface area contributed by atoms with Crippen molar-refractivity contribution in [1.29, 1.82) is 0 Å². The Morgan fingerprint density at radius 1 is 0.923 bits per heavy atom. The summed E-state index contributed by atoms with van der Waals surface area (Å²) in [6.45, 7) is 6.01. The maximum absolute atomic E-state index is 12.2. The third kappa shape index (κ3) is 5.16. The highest BCUT2D eigenvalue weighted by Crippen LogP contribution is 2.19. The van der Waals surface area contributed by atoms with Crippen LogP contribution in [0.2, 0.25) is 0 Å². The molecule has 1 fully saturated rings. The van der Waals surface area contributed by atoms with Gasteiger partial charge in [-0.2, -0.15) is 0 Å². The first kappa shape index (κ1) is 18.6. The number of Topliss-reactive ketones (excluding diaryl/α,β-unsaturated/α-hetero) is 1. The van der Waals surface area contributed by atoms with Gasteiger partial charge in [0.2, 0.25) is 0 Å². The summed E-state index contributed by atoms with van der Waals surface area (Å²) in [5.74, 6) is 0.220. The Bertz CT molecular complexity index is 689. The first-order chi connectivity index (χ1) is 12.6. The number of anilines is 1. The first-order valence-corrected chi connectivity index (χ1v) is 9.41. The zero-order chi connectivity index (χ0) is 18.4. The third-order valence-corrected chi connectivity index (χ3v) is 4.96. The minimum absolute atomic E-state index is 0.220. The maximum Gasteiger partial charge on any atom is 0.164 e. The largest absolute Gasteiger partial charge is 0.369 e. The van der Waals surface area contributed by atoms with E-state index in [9.17, 15) is 4.79 Å². The van der Waals surface area contributed by atoms with Crippen molar-refractivity contribution in [2.24, 2.45) is 0 Å². The minimum Gasteiger partial charge on any atom is -0.369 e. The highest BCUT2D eigenvalue weighted by atomic mass is 16.1. The van der Waals surface area contributed by atoms with Gasteiger partial charge in [-0.1, -0.05) is 30.3 Å². The molecule has 0 aromatic heterocycles. The zero-order valence-electron chi connectivity index (χ0n) is 15.9. The highest BCUT2D eigenvalue weighted by Gasteiger charge is 2.17. The quantitative estimate of drug-likeness (QED) is 0.716. The molecular weight excluding hydrogens is 322 g/mol. The number of rotatable bonds is 7. The predicted molar refractivity (Wildman–Crippen MR) is 108 cm³/mol. The van der Waals surface area contributed by atoms with Gasteiger partial charge in [0.1, 0.15) is 0 Å². The molecule has 138 valence electrons. The highest BCUT2D eigenvalue weighted by molar-refractivity contribution is 5.96. The SMILES string of the molecule is CN(C)CCC(=O)c1ccc(N2CCN(Cc3ccccc3)CC2)cc1. The second kappa shape index (κ2) is 8.97. The molecule has 0 spiro atoms. The van der Waals surface area contributed by atoms with Crippen molar-refractivity contribution in [3.8, 4) is 0 Å². The third-order valence-electron chi connectivity index (χ3n) is 4.96. The molecule has 0 saturated carbocycles. The molecule has 4 heteroatoms. The predicted octanol–water partition coefficient (Wildman–Crippen LogP) is 3.14. The summed E-state index contributed by atoms with van der Waals surface area (Å²) >= 11 is 0. The number of carbonyl (C=O) groups excluding carboxylic acids is 1. The average molecular weight is 351 g/mol. The first-order valence-electron chi connectivity index (χ1n) is 9.41. The van der Waals surface area contributed by atoms with Gasteiger partial charge in [0.05, 0.1) is 0 Å². The Morgan fingerprint density at radius 2 is 1.58 bits per heavy atom. The minimum atomic E-state index is 0.220. The number of hydrogen-bond acceptors (Lipinski definition) is 4. The van der Waals surface area contributed by atoms with Crippen LogP contribution in [0.1, 0.15) is 22.3 Å². The summed E-state index contributed by atoms with van der Waals surface area (Å²) in [5.41, 5.74) is 3.41. The van der Waals surface area contributed by atoms with Crippen molar-refractivity contribution >= 4 is 11.5 Å². The molecule has 4 nitrogen and oxygen atoms in total. The summed E-state index contributed by atoms with van der Waals surface area (Å²) < 4.78 is 0. The van der Waals surface area contributed by atoms with Crippen LogP contribution in [-0.2, 0) is 6.54 Å². The van der Waals surface area contributed by atoms with E-state index >= 15 is 0 Å². The van der Waals surface area contributed by atoms with Gasteiger partial charge in [-0.25, -0.2) is 0 Å². The molecule has 0 radical (unpaired) electrons. The van der Waals surface area contributed by atoms with Crippen LogP contribution in [0.5, 0.6) is 0 Å². The lowest BCUT2D eigenvalue weighted by Crippen LogP contribution is -2.45. The van der Waals surface area contributed by atoms with E-state index in [0.29, 0.717) is 6.42 Å². The standard InChI is InChI=1S/C22H29N3O/c1-23(2)13-12-22(26)20-8-10-21(11-9-20)25-16-14-24(15-17-25)18-19-6-4-3-5-7-19/h3-11H,12-18H2,1-2H3. The topological polar surface area (TPSA) is 26.8 Å². The van der Waals surface area contributed by atoms with Crippen LogP contribution in [0.3, 0.4) is 0 Å². The molecule has 1 saturated heterocycles. The summed E-state index contributed by atoms with van der Waals surface area (Å²) in [7, 11) is 3.99. The summed E-state index contributed by atoms with van der Waals surface area (Å²) in [5, 5.41) is 0. The van der Waals surface area contributed by atoms with E-state index in [2.05, 4.69) is 52.3 Å². The molecule has 1 aliphatic rings. The maximum atomic E-state index is 12.2. The number of piperazine rings is 1. The summed E-state index contributed by atoms with van der Waals surface area (Å²) in [6, 6.07) is 18.8. The molecule has 2 aromatic carbocycles. The van der Waals surface area contributed by atoms with Gasteiger partial charge in [0.25, 0.3) is 0 Å². The van der Waals surface area contributed by atoms with Crippen LogP contribution in [0.4, 0.5) is 5.69 Å². The smallest absolute Gasteiger partial charge is 0.164 e. The van der Waals surface area contributed by atoms with E-state index in [1.165, 1.54) is 11.3 Å². The number of carbonyl (C=O) groups is 1. The van der Waals surface area contributed by atoms with Gasteiger partial charge in [0, 0.05) is 56.9 Å². The van der Waals surface area contributed by atoms with E-state index in [-0.39, 0.29) is 5.78 Å². The normalized spacial score (nSPS) is 15.4. The zero-order valence-corrected chi connectivity index (χ0v) is 15.9. The molecule has 0 aliphatic carbocycles. The molecule has 2 aromatic rings. The van der Waals surface area contributed by atoms with Gasteiger partial charge in [-0.05, 0) is 43.9 Å². The van der Waals surface area contributed by atoms with E-state index in [4.69, 9.17) is 0 Å². The molecule has 1 aliphatic heterocycles. The molecular formula is C22H29N3O. The van der Waals surface area contributed by atoms with Crippen molar-refractivity contribution in [2.45, 2.75) is 13.0 Å². The fraction of sp³-hybridized carbons (Fsp3) is 0.409. The van der Waals surface area contributed by atoms with E-state index in [0.717, 1.165) is 44.8 Å². The fourth-order valence-corrected chi connectivity index (χ4v) is 3.33. The number of hydrogen-bond donors (Lipinski definition) is 0. The second-order valence-electron chi connectivity index (χ2n) is 7.27. The lowest BCUT2D eigenvalue weighted by Gasteiger charge is -2.36. The van der Waals surface area contributed by atoms with Crippen LogP contribution in [0.15, 0.2) is 54.6 Å². The average Bonchev–Trinajstić information content (AvgIpc) is 2.68. The van der Waals surface area contributed by atoms with Crippen LogP contribution in [-0.4, -0.2) is 62.4 Å². The molecule has 0 N–H and O–H groups in total. The monoisotopic (exact) mass is 351 g/mol. The Labute approximate surface area is 157 Å². The summed E-state index contributed by atoms with van der Waals surface area (Å²) in [6.07, 6.45) is 0.574. The van der Waals surface area contributed by atoms with Crippen molar-refractivity contribution in [3.05, 3.63) is 65.7 Å². The molecule has 26 heavy (non-hydrogen) atoms. The molecule has 3 rings (SSSR count). The fourth-order valence-electron chi connectivity index (χ4n) is 3.33. The van der Waals surface area contributed by atoms with Crippen molar-refractivity contribution in [1.82, 2.24) is 9.80 Å². The van der Waals surface area contributed by atoms with Crippen LogP contribution in [0.25, 0.3) is 0 Å². The van der Waals surface area contributed by atoms with Gasteiger partial charge in [0.15, 0.2) is 5.78 Å². The summed E-state index contributed by atoms with van der Waals surface area (Å²) in [4.78, 5) is 19.2. The lowest BCUT2D eigenvalue weighted by molar-refractivity contribution is 0.0972. The van der Waals surface area contributed by atoms with E-state index < -0.39 is 0 Å². The van der Waals surface area contributed by atoms with Crippen LogP contribution in [0, 0.1) is 0 Å². The van der Waals surface area contributed by atoms with Gasteiger partial charge in [-0.3, -0.25) is 9.69 Å². The van der Waals surface area contributed by atoms with E-state index in [1.807, 2.05) is 31.1 Å². The number of nitrogens with zero attached hydrogens (tertiary/aromatic N) is 3. The Morgan fingerprint density at radius 3 is 2.19 bits per heavy atom. The Kier molecular flexibility index (Phi) is 6.42. The second-order valence-corrected chi connectivity index (χ2v) is 7.27. The number of benzene rings is 2. The molecule has 0 amide bonds. The van der Waals surface area contributed by atoms with Gasteiger partial charge in [-0.15, -0.1) is 0 Å². The van der Waals surface area contributed by atoms with Gasteiger partial charge >= 0.3 is 0 Å². The van der Waals surface area contributed by atoms with Crippen molar-refractivity contribution in [3.63, 3.8) is 0 Å². The molecule has 1 heterocycles. The van der Waals surface area contributed by atoms with E-state index in [1.54, 1.807) is 0 Å². The Hall–Kier alpha value is -2.17. The van der Waals surface area contributed by atoms with Crippen molar-refractivity contribution < 1.29 is 4.79 Å². The molecule has 0 unspecified atom stereocenters. The van der Waals surface area contributed by atoms with Crippen LogP contribution < -0.4 is 4.90 Å². The number of ketones is 1. The lowest BCUT2D eigenvalue weighted by atomic mass is 10.1. The Balaban J connectivity index is 1.50. The van der Waals surface area contributed by atoms with Gasteiger partial charge < -0.3 is 9.80 Å². The molecule has 0 atom stereocenters. The van der Waals surface area contributed by atoms with Crippen molar-refractivity contribution in [2.75, 3.05) is 51.7 Å². The molecule has 0 bridgehead atoms. The van der Waals surface area contributed by atoms with Crippen LogP contribution >= 0.6 is 0 Å².